The van der Waals surface area contributed by atoms with Crippen LogP contribution in [-0.4, -0.2) is 60.5 Å². The largest absolute Gasteiger partial charge is 0.595 e. The quantitative estimate of drug-likeness (QED) is 0.206. The summed E-state index contributed by atoms with van der Waals surface area (Å²) in [7, 11) is 0. The highest BCUT2D eigenvalue weighted by Crippen LogP contribution is 2.36. The van der Waals surface area contributed by atoms with E-state index >= 15 is 0 Å². The molecule has 13 nitrogen and oxygen atoms in total. The topological polar surface area (TPSA) is 210 Å². The third-order valence-corrected chi connectivity index (χ3v) is 2.44. The summed E-state index contributed by atoms with van der Waals surface area (Å²) in [5.74, 6) is -4.33. The lowest BCUT2D eigenvalue weighted by Crippen LogP contribution is -2.68. The van der Waals surface area contributed by atoms with Gasteiger partial charge in [-0.15, -0.1) is 0 Å². The summed E-state index contributed by atoms with van der Waals surface area (Å²) in [5.41, 5.74) is -3.41. The molecule has 0 aliphatic heterocycles. The lowest BCUT2D eigenvalue weighted by molar-refractivity contribution is -0.878. The van der Waals surface area contributed by atoms with Crippen molar-refractivity contribution in [2.45, 2.75) is 12.1 Å². The molecule has 0 spiro atoms. The van der Waals surface area contributed by atoms with E-state index < -0.39 is 45.5 Å². The van der Waals surface area contributed by atoms with Gasteiger partial charge in [0.05, 0.1) is 18.1 Å². The lowest BCUT2D eigenvalue weighted by Gasteiger charge is -2.29. The highest BCUT2D eigenvalue weighted by Gasteiger charge is 2.79. The Labute approximate surface area is 97.3 Å². The number of rotatable bonds is 7. The summed E-state index contributed by atoms with van der Waals surface area (Å²) in [5, 5.41) is 67.4. The average Bonchev–Trinajstić information content (AvgIpc) is 2.29. The van der Waals surface area contributed by atoms with Crippen LogP contribution >= 0.6 is 0 Å². The van der Waals surface area contributed by atoms with Crippen LogP contribution in [0.1, 0.15) is 0 Å². The van der Waals surface area contributed by atoms with Gasteiger partial charge >= 0.3 is 12.1 Å². The van der Waals surface area contributed by atoms with Crippen LogP contribution < -0.4 is 0 Å². The van der Waals surface area contributed by atoms with E-state index in [4.69, 9.17) is 15.3 Å². The fourth-order valence-electron chi connectivity index (χ4n) is 1.23. The molecule has 104 valence electrons. The van der Waals surface area contributed by atoms with Crippen molar-refractivity contribution in [3.8, 4) is 0 Å². The zero-order valence-corrected chi connectivity index (χ0v) is 8.57. The van der Waals surface area contributed by atoms with Gasteiger partial charge in [-0.25, -0.2) is 0 Å². The van der Waals surface area contributed by atoms with Gasteiger partial charge in [-0.2, -0.15) is 0 Å². The Morgan fingerprint density at radius 1 is 1.00 bits per heavy atom. The van der Waals surface area contributed by atoms with Crippen LogP contribution in [0.2, 0.25) is 0 Å². The van der Waals surface area contributed by atoms with Gasteiger partial charge in [0.15, 0.2) is 0 Å². The minimum atomic E-state index is -4.33. The van der Waals surface area contributed by atoms with E-state index in [1.165, 1.54) is 0 Å². The highest BCUT2D eigenvalue weighted by molar-refractivity contribution is 4.88. The van der Waals surface area contributed by atoms with Gasteiger partial charge < -0.3 is 15.3 Å². The lowest BCUT2D eigenvalue weighted by atomic mass is 9.82. The van der Waals surface area contributed by atoms with Crippen molar-refractivity contribution in [3.05, 3.63) is 30.3 Å². The SMILES string of the molecule is O=[N+]([O-])C(O)C(CO)(CO)C(O)([N+](=O)[O-])[N+](=O)[O-]. The second-order valence-corrected chi connectivity index (χ2v) is 3.28. The molecular formula is C5H9N3O10. The number of hydrogen-bond donors (Lipinski definition) is 4. The molecule has 0 aromatic carbocycles. The monoisotopic (exact) mass is 271 g/mol. The van der Waals surface area contributed by atoms with Crippen molar-refractivity contribution < 1.29 is 35.2 Å². The molecule has 1 unspecified atom stereocenters. The van der Waals surface area contributed by atoms with Crippen molar-refractivity contribution >= 4 is 0 Å². The Morgan fingerprint density at radius 3 is 1.50 bits per heavy atom. The molecule has 0 heterocycles. The normalized spacial score (nSPS) is 14.0. The maximum absolute atomic E-state index is 10.5. The molecule has 0 bridgehead atoms. The number of aliphatic hydroxyl groups is 4. The van der Waals surface area contributed by atoms with E-state index in [0.29, 0.717) is 0 Å². The average molecular weight is 271 g/mol. The van der Waals surface area contributed by atoms with Crippen molar-refractivity contribution in [1.82, 2.24) is 0 Å². The Balaban J connectivity index is 6.08. The molecule has 18 heavy (non-hydrogen) atoms. The molecule has 13 heteroatoms. The van der Waals surface area contributed by atoms with Gasteiger partial charge in [-0.1, -0.05) is 0 Å². The second-order valence-electron chi connectivity index (χ2n) is 3.28. The Hall–Kier alpha value is -1.96. The summed E-state index contributed by atoms with van der Waals surface area (Å²) in [6, 6.07) is 0. The van der Waals surface area contributed by atoms with Crippen LogP contribution in [0, 0.1) is 35.8 Å². The van der Waals surface area contributed by atoms with Gasteiger partial charge in [0.1, 0.15) is 9.85 Å². The Kier molecular flexibility index (Phi) is 4.57. The number of nitro groups is 3. The van der Waals surface area contributed by atoms with Crippen LogP contribution in [0.15, 0.2) is 0 Å². The highest BCUT2D eigenvalue weighted by atomic mass is 16.7. The number of aliphatic hydroxyl groups excluding tert-OH is 3. The molecule has 4 N–H and O–H groups in total. The van der Waals surface area contributed by atoms with E-state index in [9.17, 15) is 35.4 Å². The molecule has 0 radical (unpaired) electrons. The van der Waals surface area contributed by atoms with Crippen molar-refractivity contribution in [3.63, 3.8) is 0 Å². The molecule has 0 amide bonds. The summed E-state index contributed by atoms with van der Waals surface area (Å²) in [4.78, 5) is 25.8. The molecule has 1 atom stereocenters. The van der Waals surface area contributed by atoms with Gasteiger partial charge in [0.2, 0.25) is 0 Å². The first kappa shape index (κ1) is 16.0. The fourth-order valence-corrected chi connectivity index (χ4v) is 1.23. The maximum atomic E-state index is 10.5. The minimum Gasteiger partial charge on any atom is -0.395 e. The standard InChI is InChI=1S/C5H9N3O10/c9-1-4(2-10,3(11)6(13)14)5(12,7(15)16)8(17)18/h3,9-12H,1-2H2. The van der Waals surface area contributed by atoms with E-state index in [0.717, 1.165) is 0 Å². The van der Waals surface area contributed by atoms with Crippen LogP contribution in [-0.2, 0) is 0 Å². The summed E-state index contributed by atoms with van der Waals surface area (Å²) < 4.78 is 0. The molecule has 0 aliphatic rings. The molecule has 0 aromatic heterocycles. The van der Waals surface area contributed by atoms with Gasteiger partial charge in [-0.3, -0.25) is 35.4 Å². The Bertz CT molecular complexity index is 351. The summed E-state index contributed by atoms with van der Waals surface area (Å²) in [6.07, 6.45) is -3.13. The molecular weight excluding hydrogens is 262 g/mol. The van der Waals surface area contributed by atoms with Crippen LogP contribution in [0.25, 0.3) is 0 Å². The van der Waals surface area contributed by atoms with Crippen LogP contribution in [0.4, 0.5) is 0 Å². The van der Waals surface area contributed by atoms with Gasteiger partial charge in [0, 0.05) is 0 Å². The zero-order chi connectivity index (χ0) is 14.7. The van der Waals surface area contributed by atoms with E-state index in [1.807, 2.05) is 0 Å². The molecule has 0 saturated heterocycles. The molecule has 0 fully saturated rings. The number of nitrogens with zero attached hydrogens (tertiary/aromatic N) is 3. The predicted octanol–water partition coefficient (Wildman–Crippen LogP) is -3.25. The van der Waals surface area contributed by atoms with Gasteiger partial charge in [0.25, 0.3) is 5.41 Å². The first-order chi connectivity index (χ1) is 8.11. The number of hydrogen-bond acceptors (Lipinski definition) is 10. The van der Waals surface area contributed by atoms with E-state index in [-0.39, 0.29) is 0 Å². The van der Waals surface area contributed by atoms with Crippen molar-refractivity contribution in [1.29, 1.82) is 0 Å². The third kappa shape index (κ3) is 1.94. The molecule has 0 saturated carbocycles. The van der Waals surface area contributed by atoms with E-state index in [2.05, 4.69) is 0 Å². The summed E-state index contributed by atoms with van der Waals surface area (Å²) >= 11 is 0. The molecule has 0 aromatic rings. The van der Waals surface area contributed by atoms with Gasteiger partial charge in [-0.05, 0) is 0 Å². The third-order valence-electron chi connectivity index (χ3n) is 2.44. The smallest absolute Gasteiger partial charge is 0.395 e. The first-order valence-corrected chi connectivity index (χ1v) is 4.16. The molecule has 0 rings (SSSR count). The Morgan fingerprint density at radius 2 is 1.33 bits per heavy atom. The van der Waals surface area contributed by atoms with Crippen LogP contribution in [0.3, 0.4) is 0 Å². The van der Waals surface area contributed by atoms with Crippen LogP contribution in [0.5, 0.6) is 0 Å². The minimum absolute atomic E-state index is 1.62. The zero-order valence-electron chi connectivity index (χ0n) is 8.57. The van der Waals surface area contributed by atoms with Crippen molar-refractivity contribution in [2.75, 3.05) is 13.2 Å². The summed E-state index contributed by atoms with van der Waals surface area (Å²) in [6.45, 7) is -3.55. The second kappa shape index (κ2) is 5.13. The predicted molar refractivity (Wildman–Crippen MR) is 48.5 cm³/mol. The maximum Gasteiger partial charge on any atom is 0.595 e. The fraction of sp³-hybridized carbons (Fsp3) is 1.00. The van der Waals surface area contributed by atoms with Crippen molar-refractivity contribution in [2.24, 2.45) is 5.41 Å². The first-order valence-electron chi connectivity index (χ1n) is 4.16. The van der Waals surface area contributed by atoms with E-state index in [1.54, 1.807) is 0 Å². The molecule has 0 aliphatic carbocycles.